The first-order valence-electron chi connectivity index (χ1n) is 5.48. The predicted molar refractivity (Wildman–Crippen MR) is 64.8 cm³/mol. The Hall–Kier alpha value is -1.88. The summed E-state index contributed by atoms with van der Waals surface area (Å²) in [4.78, 5) is 11.6. The number of hydrogen-bond acceptors (Lipinski definition) is 4. The van der Waals surface area contributed by atoms with Crippen LogP contribution in [0.25, 0.3) is 0 Å². The molecule has 0 radical (unpaired) electrons. The molecule has 1 aromatic rings. The Morgan fingerprint density at radius 3 is 2.94 bits per heavy atom. The van der Waals surface area contributed by atoms with E-state index in [9.17, 15) is 4.79 Å². The van der Waals surface area contributed by atoms with E-state index >= 15 is 0 Å². The number of para-hydroxylation sites is 1. The summed E-state index contributed by atoms with van der Waals surface area (Å²) in [6, 6.07) is 7.51. The van der Waals surface area contributed by atoms with E-state index in [1.807, 2.05) is 24.3 Å². The number of nitrogens with two attached hydrogens (primary N) is 1. The number of carbonyl (C=O) groups is 1. The summed E-state index contributed by atoms with van der Waals surface area (Å²) in [5, 5.41) is 4.08. The Balaban J connectivity index is 2.35. The van der Waals surface area contributed by atoms with Crippen LogP contribution in [0, 0.1) is 5.92 Å². The van der Waals surface area contributed by atoms with Crippen LogP contribution in [0.5, 0.6) is 5.75 Å². The molecule has 1 amide bonds. The molecule has 0 fully saturated rings. The predicted octanol–water partition coefficient (Wildman–Crippen LogP) is 0.494. The van der Waals surface area contributed by atoms with Gasteiger partial charge >= 0.3 is 0 Å². The molecule has 0 saturated heterocycles. The average Bonchev–Trinajstić information content (AvgIpc) is 2.72. The standard InChI is InChI=1S/C12H15N3O2/c1-17-10-5-3-2-4-8(10)11-9(6-7-13)12(16)15-14-11/h2-5,9H,6-7,13H2,1H3,(H,15,16). The molecular formula is C12H15N3O2. The van der Waals surface area contributed by atoms with Crippen molar-refractivity contribution in [2.75, 3.05) is 13.7 Å². The number of rotatable bonds is 4. The fraction of sp³-hybridized carbons (Fsp3) is 0.333. The Bertz CT molecular complexity index is 457. The zero-order valence-electron chi connectivity index (χ0n) is 9.64. The van der Waals surface area contributed by atoms with Crippen molar-refractivity contribution in [1.29, 1.82) is 0 Å². The molecule has 5 heteroatoms. The molecule has 0 bridgehead atoms. The number of nitrogens with zero attached hydrogens (tertiary/aromatic N) is 1. The third-order valence-corrected chi connectivity index (χ3v) is 2.77. The van der Waals surface area contributed by atoms with Crippen molar-refractivity contribution in [3.63, 3.8) is 0 Å². The lowest BCUT2D eigenvalue weighted by Gasteiger charge is -2.12. The summed E-state index contributed by atoms with van der Waals surface area (Å²) in [6.45, 7) is 0.451. The summed E-state index contributed by atoms with van der Waals surface area (Å²) in [7, 11) is 1.60. The third kappa shape index (κ3) is 2.14. The normalized spacial score (nSPS) is 18.8. The molecule has 1 unspecified atom stereocenters. The minimum atomic E-state index is -0.281. The summed E-state index contributed by atoms with van der Waals surface area (Å²) in [5.41, 5.74) is 9.55. The third-order valence-electron chi connectivity index (χ3n) is 2.77. The van der Waals surface area contributed by atoms with Gasteiger partial charge in [0.25, 0.3) is 0 Å². The first-order valence-corrected chi connectivity index (χ1v) is 5.48. The molecule has 1 aliphatic heterocycles. The highest BCUT2D eigenvalue weighted by molar-refractivity contribution is 6.17. The fourth-order valence-corrected chi connectivity index (χ4v) is 1.93. The number of hydrogen-bond donors (Lipinski definition) is 2. The van der Waals surface area contributed by atoms with Gasteiger partial charge < -0.3 is 10.5 Å². The highest BCUT2D eigenvalue weighted by Crippen LogP contribution is 2.25. The van der Waals surface area contributed by atoms with E-state index in [-0.39, 0.29) is 11.8 Å². The van der Waals surface area contributed by atoms with Gasteiger partial charge in [0.2, 0.25) is 5.91 Å². The Morgan fingerprint density at radius 1 is 1.47 bits per heavy atom. The van der Waals surface area contributed by atoms with E-state index in [0.717, 1.165) is 5.56 Å². The maximum atomic E-state index is 11.6. The molecule has 90 valence electrons. The SMILES string of the molecule is COc1ccccc1C1=NNC(=O)C1CCN. The van der Waals surface area contributed by atoms with E-state index in [0.29, 0.717) is 24.4 Å². The van der Waals surface area contributed by atoms with Gasteiger partial charge in [0.1, 0.15) is 5.75 Å². The maximum Gasteiger partial charge on any atom is 0.249 e. The number of methoxy groups -OCH3 is 1. The lowest BCUT2D eigenvalue weighted by molar-refractivity contribution is -0.122. The molecule has 0 aliphatic carbocycles. The van der Waals surface area contributed by atoms with Crippen LogP contribution in [0.15, 0.2) is 29.4 Å². The van der Waals surface area contributed by atoms with Gasteiger partial charge in [-0.25, -0.2) is 5.43 Å². The molecule has 1 atom stereocenters. The van der Waals surface area contributed by atoms with Crippen molar-refractivity contribution in [3.05, 3.63) is 29.8 Å². The Labute approximate surface area is 99.6 Å². The van der Waals surface area contributed by atoms with Crippen molar-refractivity contribution >= 4 is 11.6 Å². The van der Waals surface area contributed by atoms with Crippen LogP contribution < -0.4 is 15.9 Å². The second-order valence-electron chi connectivity index (χ2n) is 3.80. The number of amides is 1. The first kappa shape index (κ1) is 11.6. The minimum absolute atomic E-state index is 0.101. The van der Waals surface area contributed by atoms with Gasteiger partial charge in [-0.2, -0.15) is 5.10 Å². The van der Waals surface area contributed by atoms with Gasteiger partial charge in [-0.1, -0.05) is 12.1 Å². The second kappa shape index (κ2) is 4.97. The van der Waals surface area contributed by atoms with Gasteiger partial charge in [-0.3, -0.25) is 4.79 Å². The minimum Gasteiger partial charge on any atom is -0.496 e. The molecule has 1 heterocycles. The number of nitrogens with one attached hydrogen (secondary N) is 1. The molecule has 3 N–H and O–H groups in total. The summed E-state index contributed by atoms with van der Waals surface area (Å²) < 4.78 is 5.27. The zero-order chi connectivity index (χ0) is 12.3. The second-order valence-corrected chi connectivity index (χ2v) is 3.80. The van der Waals surface area contributed by atoms with Crippen LogP contribution in [-0.2, 0) is 4.79 Å². The van der Waals surface area contributed by atoms with Crippen molar-refractivity contribution in [2.24, 2.45) is 16.8 Å². The highest BCUT2D eigenvalue weighted by atomic mass is 16.5. The highest BCUT2D eigenvalue weighted by Gasteiger charge is 2.31. The van der Waals surface area contributed by atoms with Crippen molar-refractivity contribution in [2.45, 2.75) is 6.42 Å². The fourth-order valence-electron chi connectivity index (χ4n) is 1.93. The average molecular weight is 233 g/mol. The molecule has 0 spiro atoms. The van der Waals surface area contributed by atoms with E-state index in [2.05, 4.69) is 10.5 Å². The summed E-state index contributed by atoms with van der Waals surface area (Å²) >= 11 is 0. The van der Waals surface area contributed by atoms with Crippen LogP contribution in [0.4, 0.5) is 0 Å². The van der Waals surface area contributed by atoms with E-state index in [1.54, 1.807) is 7.11 Å². The molecule has 1 aromatic carbocycles. The van der Waals surface area contributed by atoms with E-state index in [1.165, 1.54) is 0 Å². The van der Waals surface area contributed by atoms with Gasteiger partial charge in [0, 0.05) is 5.56 Å². The zero-order valence-corrected chi connectivity index (χ0v) is 9.64. The van der Waals surface area contributed by atoms with Crippen LogP contribution in [0.3, 0.4) is 0 Å². The number of hydrazone groups is 1. The maximum absolute atomic E-state index is 11.6. The van der Waals surface area contributed by atoms with E-state index < -0.39 is 0 Å². The van der Waals surface area contributed by atoms with Gasteiger partial charge in [0.05, 0.1) is 18.7 Å². The van der Waals surface area contributed by atoms with Crippen molar-refractivity contribution in [1.82, 2.24) is 5.43 Å². The number of carbonyl (C=O) groups excluding carboxylic acids is 1. The monoisotopic (exact) mass is 233 g/mol. The van der Waals surface area contributed by atoms with Gasteiger partial charge in [-0.05, 0) is 25.1 Å². The number of benzene rings is 1. The smallest absolute Gasteiger partial charge is 0.249 e. The molecule has 2 rings (SSSR count). The first-order chi connectivity index (χ1) is 8.27. The molecule has 1 aliphatic rings. The van der Waals surface area contributed by atoms with E-state index in [4.69, 9.17) is 10.5 Å². The largest absolute Gasteiger partial charge is 0.496 e. The molecule has 0 saturated carbocycles. The number of ether oxygens (including phenoxy) is 1. The van der Waals surface area contributed by atoms with Crippen LogP contribution in [0.2, 0.25) is 0 Å². The quantitative estimate of drug-likeness (QED) is 0.794. The van der Waals surface area contributed by atoms with Crippen molar-refractivity contribution in [3.8, 4) is 5.75 Å². The Kier molecular flexibility index (Phi) is 3.39. The van der Waals surface area contributed by atoms with Gasteiger partial charge in [0.15, 0.2) is 0 Å². The summed E-state index contributed by atoms with van der Waals surface area (Å²) in [5.74, 6) is 0.331. The van der Waals surface area contributed by atoms with Crippen molar-refractivity contribution < 1.29 is 9.53 Å². The van der Waals surface area contributed by atoms with Crippen LogP contribution in [-0.4, -0.2) is 25.3 Å². The van der Waals surface area contributed by atoms with Crippen LogP contribution >= 0.6 is 0 Å². The Morgan fingerprint density at radius 2 is 2.24 bits per heavy atom. The molecule has 0 aromatic heterocycles. The van der Waals surface area contributed by atoms with Gasteiger partial charge in [-0.15, -0.1) is 0 Å². The lowest BCUT2D eigenvalue weighted by atomic mass is 9.93. The van der Waals surface area contributed by atoms with Crippen LogP contribution in [0.1, 0.15) is 12.0 Å². The topological polar surface area (TPSA) is 76.7 Å². The lowest BCUT2D eigenvalue weighted by Crippen LogP contribution is -2.26. The summed E-state index contributed by atoms with van der Waals surface area (Å²) in [6.07, 6.45) is 0.586. The molecule has 5 nitrogen and oxygen atoms in total. The molecule has 17 heavy (non-hydrogen) atoms. The molecular weight excluding hydrogens is 218 g/mol.